The van der Waals surface area contributed by atoms with Crippen LogP contribution in [0.5, 0.6) is 0 Å². The van der Waals surface area contributed by atoms with Crippen LogP contribution in [0.2, 0.25) is 0 Å². The molecular formula is C15H23N3OS. The molecule has 2 aliphatic rings. The van der Waals surface area contributed by atoms with Gasteiger partial charge in [0, 0.05) is 31.6 Å². The van der Waals surface area contributed by atoms with Crippen LogP contribution in [-0.2, 0) is 0 Å². The smallest absolute Gasteiger partial charge is 0.174 e. The second-order valence-corrected chi connectivity index (χ2v) is 6.70. The van der Waals surface area contributed by atoms with Crippen molar-refractivity contribution >= 4 is 27.8 Å². The van der Waals surface area contributed by atoms with E-state index < -0.39 is 0 Å². The van der Waals surface area contributed by atoms with Crippen molar-refractivity contribution in [2.75, 3.05) is 36.8 Å². The van der Waals surface area contributed by atoms with Gasteiger partial charge in [0.25, 0.3) is 0 Å². The van der Waals surface area contributed by atoms with E-state index in [1.807, 2.05) is 6.92 Å². The number of nitrogens with two attached hydrogens (primary N) is 1. The summed E-state index contributed by atoms with van der Waals surface area (Å²) in [7, 11) is 0. The molecule has 4 nitrogen and oxygen atoms in total. The van der Waals surface area contributed by atoms with Gasteiger partial charge < -0.3 is 16.0 Å². The molecule has 0 spiro atoms. The van der Waals surface area contributed by atoms with Gasteiger partial charge in [-0.2, -0.15) is 0 Å². The summed E-state index contributed by atoms with van der Waals surface area (Å²) in [4.78, 5) is 15.3. The van der Waals surface area contributed by atoms with Gasteiger partial charge in [-0.15, -0.1) is 11.3 Å². The number of carbonyl (C=O) groups is 1. The number of anilines is 2. The second kappa shape index (κ2) is 5.74. The summed E-state index contributed by atoms with van der Waals surface area (Å²) in [6, 6.07) is 0. The average Bonchev–Trinajstić information content (AvgIpc) is 3.26. The van der Waals surface area contributed by atoms with Crippen molar-refractivity contribution < 1.29 is 4.79 Å². The minimum Gasteiger partial charge on any atom is -0.397 e. The van der Waals surface area contributed by atoms with E-state index in [9.17, 15) is 4.79 Å². The number of Topliss-reactive ketones (excluding diaryl/α,β-unsaturated/α-hetero) is 1. The first-order valence-electron chi connectivity index (χ1n) is 7.63. The lowest BCUT2D eigenvalue weighted by Crippen LogP contribution is -2.27. The van der Waals surface area contributed by atoms with E-state index in [4.69, 9.17) is 5.73 Å². The summed E-state index contributed by atoms with van der Waals surface area (Å²) in [5.74, 6) is 0.782. The Labute approximate surface area is 124 Å². The largest absolute Gasteiger partial charge is 0.397 e. The molecular weight excluding hydrogens is 270 g/mol. The molecule has 0 aromatic carbocycles. The maximum Gasteiger partial charge on any atom is 0.174 e. The zero-order chi connectivity index (χ0) is 14.1. The number of hydrogen-bond donors (Lipinski definition) is 2. The number of ketones is 1. The van der Waals surface area contributed by atoms with Crippen LogP contribution in [0.15, 0.2) is 0 Å². The van der Waals surface area contributed by atoms with Crippen LogP contribution < -0.4 is 16.0 Å². The van der Waals surface area contributed by atoms with E-state index in [1.54, 1.807) is 11.3 Å². The fraction of sp³-hybridized carbons (Fsp3) is 0.667. The van der Waals surface area contributed by atoms with Crippen molar-refractivity contribution in [1.29, 1.82) is 0 Å². The third-order valence-corrected chi connectivity index (χ3v) is 5.47. The Hall–Kier alpha value is -1.07. The molecule has 3 rings (SSSR count). The Bertz CT molecular complexity index is 499. The minimum absolute atomic E-state index is 0.189. The summed E-state index contributed by atoms with van der Waals surface area (Å²) in [5.41, 5.74) is 8.36. The summed E-state index contributed by atoms with van der Waals surface area (Å²) in [6.45, 7) is 6.08. The lowest BCUT2D eigenvalue weighted by atomic mass is 10.1. The molecule has 5 heteroatoms. The number of rotatable bonds is 4. The molecule has 0 amide bonds. The standard InChI is InChI=1S/C15H23N3OS/c1-2-11(19)14-13(16)12(10-4-5-10)15(20-14)18-8-3-6-17-7-9-18/h10,17H,2-9,16H2,1H3. The Kier molecular flexibility index (Phi) is 3.98. The Morgan fingerprint density at radius 2 is 2.20 bits per heavy atom. The number of hydrogen-bond acceptors (Lipinski definition) is 5. The van der Waals surface area contributed by atoms with E-state index in [0.717, 1.165) is 43.2 Å². The van der Waals surface area contributed by atoms with E-state index in [2.05, 4.69) is 10.2 Å². The van der Waals surface area contributed by atoms with Crippen LogP contribution in [0.1, 0.15) is 53.8 Å². The molecule has 2 fully saturated rings. The number of thiophene rings is 1. The maximum atomic E-state index is 12.1. The fourth-order valence-corrected chi connectivity index (χ4v) is 4.23. The Morgan fingerprint density at radius 1 is 1.40 bits per heavy atom. The van der Waals surface area contributed by atoms with Gasteiger partial charge in [-0.3, -0.25) is 4.79 Å². The molecule has 1 aliphatic heterocycles. The van der Waals surface area contributed by atoms with Crippen molar-refractivity contribution in [1.82, 2.24) is 5.32 Å². The molecule has 1 saturated carbocycles. The SMILES string of the molecule is CCC(=O)c1sc(N2CCCNCC2)c(C2CC2)c1N. The predicted octanol–water partition coefficient (Wildman–Crippen LogP) is 2.60. The van der Waals surface area contributed by atoms with E-state index in [0.29, 0.717) is 12.3 Å². The maximum absolute atomic E-state index is 12.1. The summed E-state index contributed by atoms with van der Waals surface area (Å²) in [6.07, 6.45) is 4.13. The van der Waals surface area contributed by atoms with E-state index in [1.165, 1.54) is 23.4 Å². The summed E-state index contributed by atoms with van der Waals surface area (Å²) in [5, 5.41) is 4.70. The third-order valence-electron chi connectivity index (χ3n) is 4.15. The summed E-state index contributed by atoms with van der Waals surface area (Å²) >= 11 is 1.63. The van der Waals surface area contributed by atoms with Crippen LogP contribution in [0, 0.1) is 0 Å². The molecule has 3 N–H and O–H groups in total. The molecule has 0 bridgehead atoms. The van der Waals surface area contributed by atoms with Crippen LogP contribution in [0.25, 0.3) is 0 Å². The van der Waals surface area contributed by atoms with Crippen molar-refractivity contribution in [2.45, 2.75) is 38.5 Å². The normalized spacial score (nSPS) is 19.9. The number of carbonyl (C=O) groups excluding carboxylic acids is 1. The van der Waals surface area contributed by atoms with Gasteiger partial charge in [0.2, 0.25) is 0 Å². The van der Waals surface area contributed by atoms with E-state index >= 15 is 0 Å². The quantitative estimate of drug-likeness (QED) is 0.838. The van der Waals surface area contributed by atoms with Crippen LogP contribution in [0.3, 0.4) is 0 Å². The number of nitrogen functional groups attached to an aromatic ring is 1. The topological polar surface area (TPSA) is 58.4 Å². The van der Waals surface area contributed by atoms with Gasteiger partial charge >= 0.3 is 0 Å². The molecule has 1 aromatic rings. The van der Waals surface area contributed by atoms with Gasteiger partial charge in [-0.25, -0.2) is 0 Å². The first kappa shape index (κ1) is 13.9. The number of nitrogens with one attached hydrogen (secondary N) is 1. The van der Waals surface area contributed by atoms with Gasteiger partial charge in [-0.1, -0.05) is 6.92 Å². The van der Waals surface area contributed by atoms with Gasteiger partial charge in [0.15, 0.2) is 5.78 Å². The number of nitrogens with zero attached hydrogens (tertiary/aromatic N) is 1. The highest BCUT2D eigenvalue weighted by Crippen LogP contribution is 2.52. The monoisotopic (exact) mass is 293 g/mol. The zero-order valence-electron chi connectivity index (χ0n) is 12.1. The van der Waals surface area contributed by atoms with Crippen LogP contribution >= 0.6 is 11.3 Å². The molecule has 1 saturated heterocycles. The van der Waals surface area contributed by atoms with Crippen molar-refractivity contribution in [3.05, 3.63) is 10.4 Å². The van der Waals surface area contributed by atoms with Gasteiger partial charge in [-0.05, 0) is 31.7 Å². The first-order chi connectivity index (χ1) is 9.72. The highest BCUT2D eigenvalue weighted by Gasteiger charge is 2.34. The molecule has 20 heavy (non-hydrogen) atoms. The van der Waals surface area contributed by atoms with Gasteiger partial charge in [0.1, 0.15) is 0 Å². The lowest BCUT2D eigenvalue weighted by molar-refractivity contribution is 0.0993. The van der Waals surface area contributed by atoms with Crippen molar-refractivity contribution in [3.8, 4) is 0 Å². The van der Waals surface area contributed by atoms with Crippen molar-refractivity contribution in [3.63, 3.8) is 0 Å². The fourth-order valence-electron chi connectivity index (χ4n) is 2.86. The zero-order valence-corrected chi connectivity index (χ0v) is 12.9. The highest BCUT2D eigenvalue weighted by atomic mass is 32.1. The van der Waals surface area contributed by atoms with Gasteiger partial charge in [0.05, 0.1) is 15.6 Å². The molecule has 110 valence electrons. The third kappa shape index (κ3) is 2.56. The molecule has 1 aliphatic carbocycles. The minimum atomic E-state index is 0.189. The lowest BCUT2D eigenvalue weighted by Gasteiger charge is -2.22. The highest BCUT2D eigenvalue weighted by molar-refractivity contribution is 7.19. The average molecular weight is 293 g/mol. The van der Waals surface area contributed by atoms with Crippen LogP contribution in [-0.4, -0.2) is 32.0 Å². The second-order valence-electron chi connectivity index (χ2n) is 5.71. The Morgan fingerprint density at radius 3 is 2.90 bits per heavy atom. The summed E-state index contributed by atoms with van der Waals surface area (Å²) < 4.78 is 0. The first-order valence-corrected chi connectivity index (χ1v) is 8.45. The molecule has 2 heterocycles. The molecule has 0 unspecified atom stereocenters. The molecule has 1 aromatic heterocycles. The van der Waals surface area contributed by atoms with Crippen LogP contribution in [0.4, 0.5) is 10.7 Å². The Balaban J connectivity index is 1.97. The van der Waals surface area contributed by atoms with Crippen molar-refractivity contribution in [2.24, 2.45) is 0 Å². The van der Waals surface area contributed by atoms with E-state index in [-0.39, 0.29) is 5.78 Å². The predicted molar refractivity (Wildman–Crippen MR) is 85.0 cm³/mol. The molecule has 0 atom stereocenters. The molecule has 0 radical (unpaired) electrons.